The summed E-state index contributed by atoms with van der Waals surface area (Å²) in [6.07, 6.45) is 3.86. The molecule has 0 bridgehead atoms. The highest BCUT2D eigenvalue weighted by Gasteiger charge is 2.18. The van der Waals surface area contributed by atoms with Crippen LogP contribution in [0.1, 0.15) is 52.7 Å². The molecule has 1 fully saturated rings. The van der Waals surface area contributed by atoms with Gasteiger partial charge < -0.3 is 19.6 Å². The molecule has 36 heavy (non-hydrogen) atoms. The van der Waals surface area contributed by atoms with Crippen LogP contribution < -0.4 is 5.32 Å². The van der Waals surface area contributed by atoms with Gasteiger partial charge in [-0.2, -0.15) is 4.98 Å². The van der Waals surface area contributed by atoms with E-state index in [9.17, 15) is 14.0 Å². The van der Waals surface area contributed by atoms with Crippen molar-refractivity contribution in [2.45, 2.75) is 38.6 Å². The molecule has 1 atom stereocenters. The summed E-state index contributed by atoms with van der Waals surface area (Å²) in [4.78, 5) is 33.4. The van der Waals surface area contributed by atoms with E-state index < -0.39 is 0 Å². The second kappa shape index (κ2) is 11.9. The van der Waals surface area contributed by atoms with Gasteiger partial charge in [-0.25, -0.2) is 4.39 Å². The van der Waals surface area contributed by atoms with Crippen LogP contribution in [0.25, 0.3) is 11.5 Å². The normalized spacial score (nSPS) is 14.5. The second-order valence-electron chi connectivity index (χ2n) is 9.21. The van der Waals surface area contributed by atoms with Gasteiger partial charge in [0.15, 0.2) is 5.82 Å². The first kappa shape index (κ1) is 25.5. The van der Waals surface area contributed by atoms with Crippen LogP contribution in [0.15, 0.2) is 53.1 Å². The van der Waals surface area contributed by atoms with Crippen molar-refractivity contribution >= 4 is 11.8 Å². The lowest BCUT2D eigenvalue weighted by molar-refractivity contribution is 0.0795. The number of nitrogens with zero attached hydrogens (tertiary/aromatic N) is 4. The van der Waals surface area contributed by atoms with Crippen LogP contribution in [-0.4, -0.2) is 71.0 Å². The van der Waals surface area contributed by atoms with Gasteiger partial charge in [0.05, 0.1) is 0 Å². The zero-order chi connectivity index (χ0) is 25.5. The summed E-state index contributed by atoms with van der Waals surface area (Å²) in [6, 6.07) is 13.0. The fourth-order valence-electron chi connectivity index (χ4n) is 4.28. The Kier molecular flexibility index (Phi) is 8.43. The van der Waals surface area contributed by atoms with Crippen molar-refractivity contribution in [3.05, 3.63) is 71.3 Å². The minimum atomic E-state index is -0.384. The molecule has 2 heterocycles. The van der Waals surface area contributed by atoms with E-state index in [0.717, 1.165) is 19.5 Å². The molecular formula is C27H32FN5O3. The van der Waals surface area contributed by atoms with Gasteiger partial charge in [0.1, 0.15) is 5.82 Å². The molecule has 2 amide bonds. The number of hydrogen-bond donors (Lipinski definition) is 1. The molecule has 0 spiro atoms. The van der Waals surface area contributed by atoms with Gasteiger partial charge in [-0.05, 0) is 87.8 Å². The minimum Gasteiger partial charge on any atom is -0.352 e. The van der Waals surface area contributed by atoms with Crippen LogP contribution in [0, 0.1) is 5.82 Å². The molecule has 0 unspecified atom stereocenters. The monoisotopic (exact) mass is 493 g/mol. The summed E-state index contributed by atoms with van der Waals surface area (Å²) in [7, 11) is 1.67. The van der Waals surface area contributed by atoms with Crippen LogP contribution in [0.4, 0.5) is 4.39 Å². The fraction of sp³-hybridized carbons (Fsp3) is 0.407. The Bertz CT molecular complexity index is 1160. The number of amides is 2. The van der Waals surface area contributed by atoms with E-state index >= 15 is 0 Å². The number of likely N-dealkylation sites (tertiary alicyclic amines) is 1. The Labute approximate surface area is 210 Å². The highest BCUT2D eigenvalue weighted by atomic mass is 19.1. The maximum absolute atomic E-state index is 13.1. The summed E-state index contributed by atoms with van der Waals surface area (Å²) in [5, 5.41) is 7.00. The smallest absolute Gasteiger partial charge is 0.257 e. The van der Waals surface area contributed by atoms with Gasteiger partial charge in [-0.1, -0.05) is 5.16 Å². The largest absolute Gasteiger partial charge is 0.352 e. The molecule has 1 N–H and O–H groups in total. The molecular weight excluding hydrogens is 461 g/mol. The van der Waals surface area contributed by atoms with Gasteiger partial charge in [0.25, 0.3) is 17.7 Å². The number of halogens is 1. The SMILES string of the molecule is C[C@H](CCNC(=O)c1ccc(-c2nc(CCN(C)C(=O)c3ccc(F)cc3)no2)cc1)N1CCCC1. The summed E-state index contributed by atoms with van der Waals surface area (Å²) >= 11 is 0. The van der Waals surface area contributed by atoms with E-state index in [2.05, 4.69) is 27.3 Å². The van der Waals surface area contributed by atoms with E-state index in [1.165, 1.54) is 42.0 Å². The minimum absolute atomic E-state index is 0.102. The average molecular weight is 494 g/mol. The number of hydrogen-bond acceptors (Lipinski definition) is 6. The molecule has 1 aliphatic heterocycles. The standard InChI is InChI=1S/C27H32FN5O3/c1-19(33-16-3-4-17-33)13-15-29-25(34)20-5-7-21(8-6-20)26-30-24(31-36-26)14-18-32(2)27(35)22-9-11-23(28)12-10-22/h5-12,19H,3-4,13-18H2,1-2H3,(H,29,34)/t19-/m1/s1. The van der Waals surface area contributed by atoms with E-state index in [1.54, 1.807) is 31.3 Å². The molecule has 8 nitrogen and oxygen atoms in total. The van der Waals surface area contributed by atoms with Crippen LogP contribution in [0.3, 0.4) is 0 Å². The zero-order valence-electron chi connectivity index (χ0n) is 20.7. The van der Waals surface area contributed by atoms with Crippen molar-refractivity contribution in [1.29, 1.82) is 0 Å². The third-order valence-corrected chi connectivity index (χ3v) is 6.58. The number of benzene rings is 2. The third kappa shape index (κ3) is 6.54. The van der Waals surface area contributed by atoms with Crippen molar-refractivity contribution in [2.24, 2.45) is 0 Å². The Morgan fingerprint density at radius 3 is 2.44 bits per heavy atom. The Balaban J connectivity index is 1.25. The molecule has 4 rings (SSSR count). The topological polar surface area (TPSA) is 91.6 Å². The quantitative estimate of drug-likeness (QED) is 0.462. The van der Waals surface area contributed by atoms with Crippen LogP contribution in [0.2, 0.25) is 0 Å². The summed E-state index contributed by atoms with van der Waals surface area (Å²) in [5.41, 5.74) is 1.70. The number of nitrogens with one attached hydrogen (secondary N) is 1. The molecule has 0 aliphatic carbocycles. The summed E-state index contributed by atoms with van der Waals surface area (Å²) in [5.74, 6) is 0.125. The van der Waals surface area contributed by atoms with Gasteiger partial charge in [0.2, 0.25) is 0 Å². The average Bonchev–Trinajstić information content (AvgIpc) is 3.60. The van der Waals surface area contributed by atoms with Crippen molar-refractivity contribution < 1.29 is 18.5 Å². The molecule has 3 aromatic rings. The molecule has 1 saturated heterocycles. The van der Waals surface area contributed by atoms with E-state index in [-0.39, 0.29) is 17.6 Å². The maximum atomic E-state index is 13.1. The Hall–Kier alpha value is -3.59. The summed E-state index contributed by atoms with van der Waals surface area (Å²) in [6.45, 7) is 5.54. The lowest BCUT2D eigenvalue weighted by atomic mass is 10.1. The first-order chi connectivity index (χ1) is 17.4. The molecule has 1 aromatic heterocycles. The number of rotatable bonds is 10. The Morgan fingerprint density at radius 2 is 1.75 bits per heavy atom. The van der Waals surface area contributed by atoms with Gasteiger partial charge in [-0.3, -0.25) is 9.59 Å². The van der Waals surface area contributed by atoms with Crippen LogP contribution in [-0.2, 0) is 6.42 Å². The maximum Gasteiger partial charge on any atom is 0.257 e. The molecule has 9 heteroatoms. The van der Waals surface area contributed by atoms with Crippen LogP contribution in [0.5, 0.6) is 0 Å². The second-order valence-corrected chi connectivity index (χ2v) is 9.21. The molecule has 190 valence electrons. The van der Waals surface area contributed by atoms with Crippen LogP contribution >= 0.6 is 0 Å². The lowest BCUT2D eigenvalue weighted by Gasteiger charge is -2.23. The van der Waals surface area contributed by atoms with Crippen molar-refractivity contribution in [3.63, 3.8) is 0 Å². The van der Waals surface area contributed by atoms with Gasteiger partial charge in [-0.15, -0.1) is 0 Å². The zero-order valence-corrected chi connectivity index (χ0v) is 20.7. The molecule has 1 aliphatic rings. The molecule has 2 aromatic carbocycles. The lowest BCUT2D eigenvalue weighted by Crippen LogP contribution is -2.34. The van der Waals surface area contributed by atoms with E-state index in [4.69, 9.17) is 4.52 Å². The van der Waals surface area contributed by atoms with E-state index in [1.807, 2.05) is 0 Å². The molecule has 0 saturated carbocycles. The number of likely N-dealkylation sites (N-methyl/N-ethyl adjacent to an activating group) is 1. The highest BCUT2D eigenvalue weighted by Crippen LogP contribution is 2.18. The predicted octanol–water partition coefficient (Wildman–Crippen LogP) is 3.79. The van der Waals surface area contributed by atoms with E-state index in [0.29, 0.717) is 54.0 Å². The Morgan fingerprint density at radius 1 is 1.08 bits per heavy atom. The fourth-order valence-corrected chi connectivity index (χ4v) is 4.28. The van der Waals surface area contributed by atoms with Crippen molar-refractivity contribution in [2.75, 3.05) is 33.2 Å². The van der Waals surface area contributed by atoms with Crippen molar-refractivity contribution in [3.8, 4) is 11.5 Å². The van der Waals surface area contributed by atoms with Gasteiger partial charge in [0, 0.05) is 49.3 Å². The number of carbonyl (C=O) groups excluding carboxylic acids is 2. The predicted molar refractivity (Wildman–Crippen MR) is 134 cm³/mol. The van der Waals surface area contributed by atoms with Crippen molar-refractivity contribution in [1.82, 2.24) is 25.3 Å². The first-order valence-electron chi connectivity index (χ1n) is 12.4. The summed E-state index contributed by atoms with van der Waals surface area (Å²) < 4.78 is 18.4. The first-order valence-corrected chi connectivity index (χ1v) is 12.4. The number of aromatic nitrogens is 2. The molecule has 0 radical (unpaired) electrons. The number of carbonyl (C=O) groups is 2. The highest BCUT2D eigenvalue weighted by molar-refractivity contribution is 5.94. The third-order valence-electron chi connectivity index (χ3n) is 6.58. The van der Waals surface area contributed by atoms with Gasteiger partial charge >= 0.3 is 0 Å².